The van der Waals surface area contributed by atoms with Crippen molar-refractivity contribution in [2.75, 3.05) is 0 Å². The second kappa shape index (κ2) is 3.87. The first-order valence-electron chi connectivity index (χ1n) is 2.57. The molecule has 0 radical (unpaired) electrons. The maximum atomic E-state index is 11.8. The Bertz CT molecular complexity index is 146. The van der Waals surface area contributed by atoms with Crippen LogP contribution in [-0.2, 0) is 14.2 Å². The Morgan fingerprint density at radius 2 is 2.20 bits per heavy atom. The van der Waals surface area contributed by atoms with Crippen molar-refractivity contribution in [1.82, 2.24) is 0 Å². The van der Waals surface area contributed by atoms with E-state index in [0.717, 1.165) is 6.82 Å². The molecule has 0 spiro atoms. The molecule has 4 nitrogen and oxygen atoms in total. The standard InChI is InChI=1S/C4H6BFO4/c1-5(6)10-4(9)2-3(7)8/h2H2,1H3,(H,7,8). The number of carboxylic acid groups (broad SMARTS) is 1. The highest BCUT2D eigenvalue weighted by atomic mass is 19.1. The van der Waals surface area contributed by atoms with Gasteiger partial charge in [-0.1, -0.05) is 0 Å². The molecular formula is C4H6BFO4. The minimum Gasteiger partial charge on any atom is -0.506 e. The first-order chi connectivity index (χ1) is 4.52. The quantitative estimate of drug-likeness (QED) is 0.455. The summed E-state index contributed by atoms with van der Waals surface area (Å²) in [4.78, 5) is 20.0. The molecule has 0 aliphatic carbocycles. The van der Waals surface area contributed by atoms with Crippen LogP contribution in [0.5, 0.6) is 0 Å². The molecule has 0 aliphatic heterocycles. The first kappa shape index (κ1) is 8.93. The van der Waals surface area contributed by atoms with Crippen LogP contribution in [-0.4, -0.2) is 24.2 Å². The molecule has 0 saturated heterocycles. The van der Waals surface area contributed by atoms with Crippen molar-refractivity contribution in [3.05, 3.63) is 0 Å². The molecule has 6 heteroatoms. The second-order valence-corrected chi connectivity index (χ2v) is 1.60. The predicted molar refractivity (Wildman–Crippen MR) is 31.1 cm³/mol. The third-order valence-corrected chi connectivity index (χ3v) is 0.589. The Labute approximate surface area is 57.1 Å². The molecule has 0 aromatic rings. The molecule has 0 aliphatic rings. The highest BCUT2D eigenvalue weighted by Gasteiger charge is 2.15. The van der Waals surface area contributed by atoms with Crippen LogP contribution in [0.1, 0.15) is 6.42 Å². The summed E-state index contributed by atoms with van der Waals surface area (Å²) in [7, 11) is -1.74. The van der Waals surface area contributed by atoms with Gasteiger partial charge in [0.2, 0.25) is 0 Å². The smallest absolute Gasteiger partial charge is 0.506 e. The zero-order valence-electron chi connectivity index (χ0n) is 5.33. The van der Waals surface area contributed by atoms with E-state index >= 15 is 0 Å². The van der Waals surface area contributed by atoms with Crippen LogP contribution in [0.15, 0.2) is 0 Å². The molecule has 0 bridgehead atoms. The number of aliphatic carboxylic acids is 1. The van der Waals surface area contributed by atoms with Gasteiger partial charge in [-0.15, -0.1) is 0 Å². The van der Waals surface area contributed by atoms with E-state index in [9.17, 15) is 13.9 Å². The average molecular weight is 148 g/mol. The second-order valence-electron chi connectivity index (χ2n) is 1.60. The van der Waals surface area contributed by atoms with Gasteiger partial charge in [-0.05, 0) is 6.82 Å². The molecular weight excluding hydrogens is 142 g/mol. The van der Waals surface area contributed by atoms with Gasteiger partial charge < -0.3 is 9.76 Å². The molecule has 0 saturated carbocycles. The summed E-state index contributed by atoms with van der Waals surface area (Å²) in [6.07, 6.45) is -0.797. The van der Waals surface area contributed by atoms with E-state index in [1.165, 1.54) is 0 Å². The van der Waals surface area contributed by atoms with E-state index in [1.54, 1.807) is 0 Å². The molecule has 0 aromatic heterocycles. The Morgan fingerprint density at radius 3 is 2.50 bits per heavy atom. The largest absolute Gasteiger partial charge is 0.563 e. The van der Waals surface area contributed by atoms with Gasteiger partial charge in [-0.2, -0.15) is 0 Å². The molecule has 0 heterocycles. The Hall–Kier alpha value is -1.07. The van der Waals surface area contributed by atoms with Gasteiger partial charge in [0.15, 0.2) is 0 Å². The maximum absolute atomic E-state index is 11.8. The van der Waals surface area contributed by atoms with E-state index in [1.807, 2.05) is 0 Å². The number of halogens is 1. The zero-order valence-corrected chi connectivity index (χ0v) is 5.33. The topological polar surface area (TPSA) is 63.6 Å². The molecule has 0 amide bonds. The summed E-state index contributed by atoms with van der Waals surface area (Å²) in [6.45, 7) is 1.000. The highest BCUT2D eigenvalue weighted by Crippen LogP contribution is 1.91. The van der Waals surface area contributed by atoms with Crippen LogP contribution in [0.25, 0.3) is 0 Å². The lowest BCUT2D eigenvalue weighted by molar-refractivity contribution is -0.146. The highest BCUT2D eigenvalue weighted by molar-refractivity contribution is 6.44. The summed E-state index contributed by atoms with van der Waals surface area (Å²) >= 11 is 0. The number of rotatable bonds is 3. The summed E-state index contributed by atoms with van der Waals surface area (Å²) in [6, 6.07) is 0. The van der Waals surface area contributed by atoms with Crippen LogP contribution in [0.3, 0.4) is 0 Å². The van der Waals surface area contributed by atoms with Gasteiger partial charge in [0, 0.05) is 0 Å². The van der Waals surface area contributed by atoms with Crippen molar-refractivity contribution in [3.63, 3.8) is 0 Å². The Balaban J connectivity index is 3.54. The zero-order chi connectivity index (χ0) is 8.15. The first-order valence-corrected chi connectivity index (χ1v) is 2.57. The molecule has 56 valence electrons. The van der Waals surface area contributed by atoms with E-state index in [4.69, 9.17) is 5.11 Å². The summed E-state index contributed by atoms with van der Waals surface area (Å²) in [5.74, 6) is -2.40. The van der Waals surface area contributed by atoms with Gasteiger partial charge in [0.05, 0.1) is 0 Å². The normalized spacial score (nSPS) is 8.60. The van der Waals surface area contributed by atoms with Crippen LogP contribution in [0, 0.1) is 0 Å². The number of carbonyl (C=O) groups excluding carboxylic acids is 1. The van der Waals surface area contributed by atoms with Crippen molar-refractivity contribution in [1.29, 1.82) is 0 Å². The van der Waals surface area contributed by atoms with Crippen LogP contribution in [0.2, 0.25) is 6.82 Å². The molecule has 0 rings (SSSR count). The fraction of sp³-hybridized carbons (Fsp3) is 0.500. The van der Waals surface area contributed by atoms with Crippen LogP contribution >= 0.6 is 0 Å². The molecule has 0 fully saturated rings. The molecule has 0 atom stereocenters. The molecule has 0 unspecified atom stereocenters. The van der Waals surface area contributed by atoms with Crippen molar-refractivity contribution >= 4 is 19.1 Å². The summed E-state index contributed by atoms with van der Waals surface area (Å²) in [5.41, 5.74) is 0. The monoisotopic (exact) mass is 148 g/mol. The lowest BCUT2D eigenvalue weighted by Gasteiger charge is -1.98. The Morgan fingerprint density at radius 1 is 1.70 bits per heavy atom. The lowest BCUT2D eigenvalue weighted by atomic mass is 10.0. The third kappa shape index (κ3) is 5.08. The molecule has 1 N–H and O–H groups in total. The van der Waals surface area contributed by atoms with E-state index in [2.05, 4.69) is 4.65 Å². The van der Waals surface area contributed by atoms with Gasteiger partial charge in [-0.3, -0.25) is 13.9 Å². The fourth-order valence-corrected chi connectivity index (χ4v) is 0.346. The van der Waals surface area contributed by atoms with Crippen molar-refractivity contribution in [2.24, 2.45) is 0 Å². The molecule has 10 heavy (non-hydrogen) atoms. The van der Waals surface area contributed by atoms with Gasteiger partial charge in [0.1, 0.15) is 6.42 Å². The summed E-state index contributed by atoms with van der Waals surface area (Å²) < 4.78 is 15.6. The minimum absolute atomic E-state index is 0.797. The van der Waals surface area contributed by atoms with Crippen molar-refractivity contribution in [3.8, 4) is 0 Å². The Kier molecular flexibility index (Phi) is 3.45. The van der Waals surface area contributed by atoms with Gasteiger partial charge in [0.25, 0.3) is 0 Å². The number of hydrogen-bond donors (Lipinski definition) is 1. The summed E-state index contributed by atoms with van der Waals surface area (Å²) in [5, 5.41) is 7.97. The average Bonchev–Trinajstić information content (AvgIpc) is 1.58. The lowest BCUT2D eigenvalue weighted by Crippen LogP contribution is -2.17. The van der Waals surface area contributed by atoms with Crippen molar-refractivity contribution < 1.29 is 23.7 Å². The van der Waals surface area contributed by atoms with Crippen LogP contribution < -0.4 is 0 Å². The minimum atomic E-state index is -1.74. The van der Waals surface area contributed by atoms with E-state index in [0.29, 0.717) is 0 Å². The van der Waals surface area contributed by atoms with Crippen LogP contribution in [0.4, 0.5) is 4.32 Å². The number of hydrogen-bond acceptors (Lipinski definition) is 3. The van der Waals surface area contributed by atoms with E-state index in [-0.39, 0.29) is 0 Å². The van der Waals surface area contributed by atoms with Gasteiger partial charge >= 0.3 is 19.1 Å². The fourth-order valence-electron chi connectivity index (χ4n) is 0.346. The van der Waals surface area contributed by atoms with E-state index < -0.39 is 25.6 Å². The maximum Gasteiger partial charge on any atom is 0.563 e. The van der Waals surface area contributed by atoms with Gasteiger partial charge in [-0.25, -0.2) is 0 Å². The SMILES string of the molecule is CB(F)OC(=O)CC(=O)O. The number of carboxylic acids is 1. The third-order valence-electron chi connectivity index (χ3n) is 0.589. The van der Waals surface area contributed by atoms with Crippen molar-refractivity contribution in [2.45, 2.75) is 13.2 Å². The number of carbonyl (C=O) groups is 2. The molecule has 0 aromatic carbocycles. The predicted octanol–water partition coefficient (Wildman–Crippen LogP) is 0.0918.